The van der Waals surface area contributed by atoms with Gasteiger partial charge in [0.25, 0.3) is 5.91 Å². The molecule has 2 unspecified atom stereocenters. The van der Waals surface area contributed by atoms with Gasteiger partial charge in [-0.1, -0.05) is 6.07 Å². The van der Waals surface area contributed by atoms with Gasteiger partial charge in [-0.05, 0) is 30.7 Å². The van der Waals surface area contributed by atoms with Crippen molar-refractivity contribution in [2.24, 2.45) is 0 Å². The van der Waals surface area contributed by atoms with Gasteiger partial charge < -0.3 is 19.6 Å². The first-order chi connectivity index (χ1) is 14.6. The molecule has 164 valence electrons. The number of fused-ring (bicyclic) bond motifs is 1. The third-order valence-electron chi connectivity index (χ3n) is 5.46. The molecule has 2 N–H and O–H groups in total. The van der Waals surface area contributed by atoms with E-state index in [2.05, 4.69) is 10.3 Å². The van der Waals surface area contributed by atoms with Gasteiger partial charge in [-0.3, -0.25) is 4.79 Å². The van der Waals surface area contributed by atoms with Gasteiger partial charge in [-0.15, -0.1) is 0 Å². The van der Waals surface area contributed by atoms with Gasteiger partial charge in [0.2, 0.25) is 0 Å². The summed E-state index contributed by atoms with van der Waals surface area (Å²) in [5.41, 5.74) is -1.65. The first-order valence-electron chi connectivity index (χ1n) is 9.51. The summed E-state index contributed by atoms with van der Waals surface area (Å²) in [6.07, 6.45) is -1.13. The molecule has 2 atom stereocenters. The fourth-order valence-electron chi connectivity index (χ4n) is 3.86. The van der Waals surface area contributed by atoms with E-state index in [0.717, 1.165) is 17.7 Å². The molecule has 1 amide bonds. The summed E-state index contributed by atoms with van der Waals surface area (Å²) in [5, 5.41) is 13.3. The fraction of sp³-hybridized carbons (Fsp3) is 0.333. The third kappa shape index (κ3) is 3.77. The minimum absolute atomic E-state index is 0.0273. The zero-order valence-electron chi connectivity index (χ0n) is 16.4. The molecule has 1 aliphatic heterocycles. The van der Waals surface area contributed by atoms with Crippen LogP contribution in [0.2, 0.25) is 0 Å². The zero-order valence-corrected chi connectivity index (χ0v) is 16.4. The van der Waals surface area contributed by atoms with Crippen molar-refractivity contribution in [3.05, 3.63) is 70.9 Å². The summed E-state index contributed by atoms with van der Waals surface area (Å²) in [6.45, 7) is 1.70. The molecule has 3 heterocycles. The monoisotopic (exact) mass is 437 g/mol. The molecule has 0 radical (unpaired) electrons. The van der Waals surface area contributed by atoms with Gasteiger partial charge in [0.05, 0.1) is 23.3 Å². The minimum Gasteiger partial charge on any atom is -0.388 e. The van der Waals surface area contributed by atoms with Crippen molar-refractivity contribution in [1.29, 1.82) is 0 Å². The SMILES string of the molecule is Cc1cnc2c(C(=O)NC3(c4ccc(C(F)(F)F)cc4F)CCOCC3O)ccn2c1. The number of nitrogens with one attached hydrogen (secondary N) is 1. The van der Waals surface area contributed by atoms with E-state index in [4.69, 9.17) is 4.74 Å². The second-order valence-corrected chi connectivity index (χ2v) is 7.55. The van der Waals surface area contributed by atoms with E-state index >= 15 is 0 Å². The molecule has 3 aromatic rings. The highest BCUT2D eigenvalue weighted by atomic mass is 19.4. The van der Waals surface area contributed by atoms with E-state index in [9.17, 15) is 27.5 Å². The van der Waals surface area contributed by atoms with E-state index in [1.165, 1.54) is 6.07 Å². The number of aliphatic hydroxyl groups is 1. The van der Waals surface area contributed by atoms with Gasteiger partial charge in [0.15, 0.2) is 0 Å². The molecule has 1 aromatic carbocycles. The van der Waals surface area contributed by atoms with E-state index in [1.807, 2.05) is 6.92 Å². The molecule has 0 spiro atoms. The first-order valence-corrected chi connectivity index (χ1v) is 9.51. The predicted molar refractivity (Wildman–Crippen MR) is 102 cm³/mol. The van der Waals surface area contributed by atoms with Crippen LogP contribution in [0.1, 0.15) is 33.5 Å². The lowest BCUT2D eigenvalue weighted by Crippen LogP contribution is -2.58. The normalized spacial score (nSPS) is 21.9. The number of hydrogen-bond acceptors (Lipinski definition) is 4. The Morgan fingerprint density at radius 1 is 1.35 bits per heavy atom. The van der Waals surface area contributed by atoms with Crippen LogP contribution in [0.4, 0.5) is 17.6 Å². The number of aryl methyl sites for hydroxylation is 1. The lowest BCUT2D eigenvalue weighted by Gasteiger charge is -2.42. The van der Waals surface area contributed by atoms with Gasteiger partial charge >= 0.3 is 6.18 Å². The second-order valence-electron chi connectivity index (χ2n) is 7.55. The lowest BCUT2D eigenvalue weighted by atomic mass is 9.79. The van der Waals surface area contributed by atoms with Crippen LogP contribution in [0.3, 0.4) is 0 Å². The van der Waals surface area contributed by atoms with E-state index in [-0.39, 0.29) is 30.8 Å². The topological polar surface area (TPSA) is 75.9 Å². The lowest BCUT2D eigenvalue weighted by molar-refractivity contribution is -0.137. The van der Waals surface area contributed by atoms with Crippen molar-refractivity contribution >= 4 is 11.6 Å². The molecular formula is C21H19F4N3O3. The molecule has 1 fully saturated rings. The second kappa shape index (κ2) is 7.61. The van der Waals surface area contributed by atoms with Gasteiger partial charge in [-0.25, -0.2) is 9.37 Å². The maximum absolute atomic E-state index is 14.9. The molecule has 1 saturated heterocycles. The zero-order chi connectivity index (χ0) is 22.4. The summed E-state index contributed by atoms with van der Waals surface area (Å²) in [5.74, 6) is -1.81. The minimum atomic E-state index is -4.72. The number of hydrogen-bond donors (Lipinski definition) is 2. The predicted octanol–water partition coefficient (Wildman–Crippen LogP) is 3.21. The average molecular weight is 437 g/mol. The molecule has 10 heteroatoms. The Bertz CT molecular complexity index is 1140. The fourth-order valence-corrected chi connectivity index (χ4v) is 3.86. The summed E-state index contributed by atoms with van der Waals surface area (Å²) in [6, 6.07) is 3.57. The quantitative estimate of drug-likeness (QED) is 0.617. The van der Waals surface area contributed by atoms with Crippen molar-refractivity contribution in [2.75, 3.05) is 13.2 Å². The molecule has 1 aliphatic rings. The molecule has 2 aromatic heterocycles. The van der Waals surface area contributed by atoms with E-state index in [0.29, 0.717) is 11.7 Å². The average Bonchev–Trinajstić information content (AvgIpc) is 3.12. The maximum Gasteiger partial charge on any atom is 0.416 e. The van der Waals surface area contributed by atoms with E-state index in [1.54, 1.807) is 23.0 Å². The number of alkyl halides is 3. The van der Waals surface area contributed by atoms with Crippen molar-refractivity contribution in [3.8, 4) is 0 Å². The summed E-state index contributed by atoms with van der Waals surface area (Å²) in [7, 11) is 0. The number of halogens is 4. The summed E-state index contributed by atoms with van der Waals surface area (Å²) >= 11 is 0. The highest BCUT2D eigenvalue weighted by Gasteiger charge is 2.46. The number of ether oxygens (including phenoxy) is 1. The van der Waals surface area contributed by atoms with Crippen LogP contribution in [-0.2, 0) is 16.5 Å². The number of aromatic nitrogens is 2. The Labute approximate surface area is 174 Å². The van der Waals surface area contributed by atoms with Crippen LogP contribution in [0, 0.1) is 12.7 Å². The Morgan fingerprint density at radius 3 is 2.81 bits per heavy atom. The van der Waals surface area contributed by atoms with Crippen LogP contribution in [0.15, 0.2) is 42.9 Å². The maximum atomic E-state index is 14.9. The summed E-state index contributed by atoms with van der Waals surface area (Å²) in [4.78, 5) is 17.4. The number of nitrogens with zero attached hydrogens (tertiary/aromatic N) is 2. The van der Waals surface area contributed by atoms with Crippen molar-refractivity contribution in [1.82, 2.24) is 14.7 Å². The molecule has 4 rings (SSSR count). The van der Waals surface area contributed by atoms with Crippen molar-refractivity contribution < 1.29 is 32.2 Å². The molecule has 0 saturated carbocycles. The number of carbonyl (C=O) groups is 1. The van der Waals surface area contributed by atoms with Crippen molar-refractivity contribution in [2.45, 2.75) is 31.2 Å². The van der Waals surface area contributed by atoms with Crippen LogP contribution in [0.25, 0.3) is 5.65 Å². The van der Waals surface area contributed by atoms with Gasteiger partial charge in [0.1, 0.15) is 17.6 Å². The van der Waals surface area contributed by atoms with Crippen LogP contribution >= 0.6 is 0 Å². The number of benzene rings is 1. The Kier molecular flexibility index (Phi) is 5.22. The van der Waals surface area contributed by atoms with Crippen molar-refractivity contribution in [3.63, 3.8) is 0 Å². The molecule has 6 nitrogen and oxygen atoms in total. The van der Waals surface area contributed by atoms with Gasteiger partial charge in [0, 0.05) is 37.2 Å². The highest BCUT2D eigenvalue weighted by Crippen LogP contribution is 2.37. The Balaban J connectivity index is 1.76. The first kappa shape index (κ1) is 21.3. The van der Waals surface area contributed by atoms with E-state index < -0.39 is 35.1 Å². The molecular weight excluding hydrogens is 418 g/mol. The molecule has 0 bridgehead atoms. The standard InChI is InChI=1S/C21H19F4N3O3/c1-12-9-26-18-14(4-6-28(18)10-12)19(30)27-20(5-7-31-11-17(20)29)15-3-2-13(8-16(15)22)21(23,24)25/h2-4,6,8-10,17,29H,5,7,11H2,1H3,(H,27,30). The Hall–Kier alpha value is -2.98. The third-order valence-corrected chi connectivity index (χ3v) is 5.46. The summed E-state index contributed by atoms with van der Waals surface area (Å²) < 4.78 is 60.6. The van der Waals surface area contributed by atoms with Gasteiger partial charge in [-0.2, -0.15) is 13.2 Å². The number of aliphatic hydroxyl groups excluding tert-OH is 1. The number of carbonyl (C=O) groups excluding carboxylic acids is 1. The molecule has 31 heavy (non-hydrogen) atoms. The molecule has 0 aliphatic carbocycles. The van der Waals surface area contributed by atoms with Crippen LogP contribution in [0.5, 0.6) is 0 Å². The number of amides is 1. The smallest absolute Gasteiger partial charge is 0.388 e. The Morgan fingerprint density at radius 2 is 2.13 bits per heavy atom. The number of rotatable bonds is 3. The van der Waals surface area contributed by atoms with Crippen LogP contribution in [-0.4, -0.2) is 39.7 Å². The largest absolute Gasteiger partial charge is 0.416 e. The van der Waals surface area contributed by atoms with Crippen LogP contribution < -0.4 is 5.32 Å². The highest BCUT2D eigenvalue weighted by molar-refractivity contribution is 6.00.